The third-order valence-electron chi connectivity index (χ3n) is 4.26. The zero-order valence-electron chi connectivity index (χ0n) is 11.8. The smallest absolute Gasteiger partial charge is 0.226 e. The fraction of sp³-hybridized carbons (Fsp3) is 0.533. The minimum absolute atomic E-state index is 0. The van der Waals surface area contributed by atoms with Crippen molar-refractivity contribution >= 4 is 18.3 Å². The maximum Gasteiger partial charge on any atom is 0.226 e. The van der Waals surface area contributed by atoms with Crippen molar-refractivity contribution in [3.63, 3.8) is 0 Å². The first-order chi connectivity index (χ1) is 9.59. The molecule has 1 saturated heterocycles. The molecule has 0 aromatic heterocycles. The van der Waals surface area contributed by atoms with E-state index in [-0.39, 0.29) is 41.8 Å². The SMILES string of the molecule is C[C@@H]1CNCCN1C(=O)C1CC1c1c(F)cccc1F.Cl. The third-order valence-corrected chi connectivity index (χ3v) is 4.26. The van der Waals surface area contributed by atoms with Gasteiger partial charge in [0.2, 0.25) is 5.91 Å². The van der Waals surface area contributed by atoms with Crippen LogP contribution < -0.4 is 5.32 Å². The molecule has 3 atom stereocenters. The average molecular weight is 317 g/mol. The molecule has 1 saturated carbocycles. The van der Waals surface area contributed by atoms with Crippen LogP contribution in [0.25, 0.3) is 0 Å². The Bertz CT molecular complexity index is 520. The molecule has 1 heterocycles. The van der Waals surface area contributed by atoms with Crippen molar-refractivity contribution in [2.75, 3.05) is 19.6 Å². The Kier molecular flexibility index (Phi) is 4.84. The summed E-state index contributed by atoms with van der Waals surface area (Å²) in [5.41, 5.74) is 0.0774. The van der Waals surface area contributed by atoms with E-state index in [1.54, 1.807) is 0 Å². The Hall–Kier alpha value is -1.20. The van der Waals surface area contributed by atoms with Crippen LogP contribution in [0, 0.1) is 17.6 Å². The first-order valence-corrected chi connectivity index (χ1v) is 7.04. The summed E-state index contributed by atoms with van der Waals surface area (Å²) < 4.78 is 27.4. The Morgan fingerprint density at radius 2 is 2.00 bits per heavy atom. The zero-order chi connectivity index (χ0) is 14.3. The molecule has 1 aliphatic carbocycles. The van der Waals surface area contributed by atoms with E-state index in [0.29, 0.717) is 13.0 Å². The molecular formula is C15H19ClF2N2O. The van der Waals surface area contributed by atoms with Gasteiger partial charge in [-0.1, -0.05) is 6.07 Å². The monoisotopic (exact) mass is 316 g/mol. The molecule has 116 valence electrons. The minimum atomic E-state index is -0.543. The van der Waals surface area contributed by atoms with Gasteiger partial charge in [0, 0.05) is 43.1 Å². The summed E-state index contributed by atoms with van der Waals surface area (Å²) >= 11 is 0. The summed E-state index contributed by atoms with van der Waals surface area (Å²) in [6.45, 7) is 4.22. The van der Waals surface area contributed by atoms with E-state index >= 15 is 0 Å². The maximum atomic E-state index is 13.7. The normalized spacial score (nSPS) is 28.0. The molecule has 1 amide bonds. The van der Waals surface area contributed by atoms with Crippen LogP contribution in [-0.4, -0.2) is 36.5 Å². The van der Waals surface area contributed by atoms with Gasteiger partial charge in [0.05, 0.1) is 0 Å². The van der Waals surface area contributed by atoms with Crippen LogP contribution in [0.4, 0.5) is 8.78 Å². The molecule has 1 aliphatic heterocycles. The van der Waals surface area contributed by atoms with E-state index in [1.807, 2.05) is 11.8 Å². The van der Waals surface area contributed by atoms with Gasteiger partial charge in [-0.05, 0) is 25.5 Å². The lowest BCUT2D eigenvalue weighted by atomic mass is 10.1. The highest BCUT2D eigenvalue weighted by Crippen LogP contribution is 2.50. The zero-order valence-corrected chi connectivity index (χ0v) is 12.6. The van der Waals surface area contributed by atoms with Crippen LogP contribution in [-0.2, 0) is 4.79 Å². The molecule has 6 heteroatoms. The summed E-state index contributed by atoms with van der Waals surface area (Å²) in [5.74, 6) is -1.61. The van der Waals surface area contributed by atoms with Gasteiger partial charge >= 0.3 is 0 Å². The molecule has 21 heavy (non-hydrogen) atoms. The molecular weight excluding hydrogens is 298 g/mol. The number of amides is 1. The van der Waals surface area contributed by atoms with Crippen LogP contribution >= 0.6 is 12.4 Å². The fourth-order valence-electron chi connectivity index (χ4n) is 3.03. The van der Waals surface area contributed by atoms with Crippen molar-refractivity contribution in [2.45, 2.75) is 25.3 Å². The number of carbonyl (C=O) groups is 1. The van der Waals surface area contributed by atoms with E-state index in [0.717, 1.165) is 13.1 Å². The van der Waals surface area contributed by atoms with Gasteiger partial charge in [-0.2, -0.15) is 0 Å². The van der Waals surface area contributed by atoms with Crippen molar-refractivity contribution in [2.24, 2.45) is 5.92 Å². The summed E-state index contributed by atoms with van der Waals surface area (Å²) in [6, 6.07) is 4.01. The average Bonchev–Trinajstić information content (AvgIpc) is 3.18. The topological polar surface area (TPSA) is 32.3 Å². The minimum Gasteiger partial charge on any atom is -0.337 e. The van der Waals surface area contributed by atoms with Gasteiger partial charge in [0.1, 0.15) is 11.6 Å². The third kappa shape index (κ3) is 3.04. The highest BCUT2D eigenvalue weighted by molar-refractivity contribution is 5.85. The number of nitrogens with zero attached hydrogens (tertiary/aromatic N) is 1. The molecule has 0 radical (unpaired) electrons. The van der Waals surface area contributed by atoms with Crippen molar-refractivity contribution in [1.29, 1.82) is 0 Å². The lowest BCUT2D eigenvalue weighted by Crippen LogP contribution is -2.52. The number of hydrogen-bond acceptors (Lipinski definition) is 2. The molecule has 1 aromatic carbocycles. The Balaban J connectivity index is 0.00000161. The van der Waals surface area contributed by atoms with Crippen LogP contribution in [0.1, 0.15) is 24.8 Å². The molecule has 2 fully saturated rings. The van der Waals surface area contributed by atoms with E-state index in [1.165, 1.54) is 18.2 Å². The van der Waals surface area contributed by atoms with Crippen molar-refractivity contribution < 1.29 is 13.6 Å². The van der Waals surface area contributed by atoms with Crippen LogP contribution in [0.15, 0.2) is 18.2 Å². The lowest BCUT2D eigenvalue weighted by Gasteiger charge is -2.34. The number of hydrogen-bond donors (Lipinski definition) is 1. The number of rotatable bonds is 2. The van der Waals surface area contributed by atoms with Crippen LogP contribution in [0.2, 0.25) is 0 Å². The summed E-state index contributed by atoms with van der Waals surface area (Å²) in [5, 5.41) is 3.23. The summed E-state index contributed by atoms with van der Waals surface area (Å²) in [7, 11) is 0. The molecule has 0 spiro atoms. The lowest BCUT2D eigenvalue weighted by molar-refractivity contribution is -0.135. The van der Waals surface area contributed by atoms with Crippen LogP contribution in [0.3, 0.4) is 0 Å². The van der Waals surface area contributed by atoms with Gasteiger partial charge in [-0.25, -0.2) is 8.78 Å². The molecule has 3 rings (SSSR count). The number of piperazine rings is 1. The van der Waals surface area contributed by atoms with Gasteiger partial charge in [0.15, 0.2) is 0 Å². The molecule has 2 aliphatic rings. The Morgan fingerprint density at radius 3 is 2.62 bits per heavy atom. The quantitative estimate of drug-likeness (QED) is 0.908. The number of carbonyl (C=O) groups excluding carboxylic acids is 1. The second kappa shape index (κ2) is 6.28. The summed E-state index contributed by atoms with van der Waals surface area (Å²) in [4.78, 5) is 14.3. The Labute approximate surface area is 129 Å². The maximum absolute atomic E-state index is 13.7. The molecule has 1 aromatic rings. The second-order valence-corrected chi connectivity index (χ2v) is 5.67. The Morgan fingerprint density at radius 1 is 1.33 bits per heavy atom. The van der Waals surface area contributed by atoms with E-state index in [9.17, 15) is 13.6 Å². The van der Waals surface area contributed by atoms with E-state index < -0.39 is 11.6 Å². The highest BCUT2D eigenvalue weighted by atomic mass is 35.5. The standard InChI is InChI=1S/C15H18F2N2O.ClH/c1-9-8-18-5-6-19(9)15(20)11-7-10(11)14-12(16)3-2-4-13(14)17;/h2-4,9-11,18H,5-8H2,1H3;1H/t9-,10?,11?;/m1./s1. The molecule has 3 nitrogen and oxygen atoms in total. The first kappa shape index (κ1) is 16.2. The largest absolute Gasteiger partial charge is 0.337 e. The van der Waals surface area contributed by atoms with Crippen LogP contribution in [0.5, 0.6) is 0 Å². The van der Waals surface area contributed by atoms with Gasteiger partial charge < -0.3 is 10.2 Å². The number of nitrogens with one attached hydrogen (secondary N) is 1. The second-order valence-electron chi connectivity index (χ2n) is 5.67. The van der Waals surface area contributed by atoms with E-state index in [4.69, 9.17) is 0 Å². The van der Waals surface area contributed by atoms with Crippen molar-refractivity contribution in [3.05, 3.63) is 35.4 Å². The van der Waals surface area contributed by atoms with E-state index in [2.05, 4.69) is 5.32 Å². The predicted octanol–water partition coefficient (Wildman–Crippen LogP) is 2.31. The highest BCUT2D eigenvalue weighted by Gasteiger charge is 2.48. The fourth-order valence-corrected chi connectivity index (χ4v) is 3.03. The van der Waals surface area contributed by atoms with Gasteiger partial charge in [0.25, 0.3) is 0 Å². The van der Waals surface area contributed by atoms with Crippen molar-refractivity contribution in [1.82, 2.24) is 10.2 Å². The molecule has 0 bridgehead atoms. The number of benzene rings is 1. The summed E-state index contributed by atoms with van der Waals surface area (Å²) in [6.07, 6.45) is 0.549. The van der Waals surface area contributed by atoms with Gasteiger partial charge in [-0.15, -0.1) is 12.4 Å². The molecule has 2 unspecified atom stereocenters. The number of halogens is 3. The first-order valence-electron chi connectivity index (χ1n) is 7.04. The van der Waals surface area contributed by atoms with Gasteiger partial charge in [-0.3, -0.25) is 4.79 Å². The molecule has 1 N–H and O–H groups in total. The van der Waals surface area contributed by atoms with Crippen molar-refractivity contribution in [3.8, 4) is 0 Å². The predicted molar refractivity (Wildman–Crippen MR) is 78.5 cm³/mol.